The van der Waals surface area contributed by atoms with Gasteiger partial charge in [0.25, 0.3) is 0 Å². The van der Waals surface area contributed by atoms with Crippen LogP contribution in [0.5, 0.6) is 0 Å². The molecule has 0 aliphatic carbocycles. The van der Waals surface area contributed by atoms with E-state index in [4.69, 9.17) is 4.42 Å². The predicted molar refractivity (Wildman–Crippen MR) is 113 cm³/mol. The summed E-state index contributed by atoms with van der Waals surface area (Å²) >= 11 is 1.71. The summed E-state index contributed by atoms with van der Waals surface area (Å²) in [5.41, 5.74) is 3.86. The average molecular weight is 438 g/mol. The van der Waals surface area contributed by atoms with Crippen LogP contribution < -0.4 is 0 Å². The van der Waals surface area contributed by atoms with E-state index in [2.05, 4.69) is 26.7 Å². The lowest BCUT2D eigenvalue weighted by Crippen LogP contribution is -2.40. The van der Waals surface area contributed by atoms with Crippen LogP contribution in [-0.2, 0) is 7.05 Å². The van der Waals surface area contributed by atoms with Crippen LogP contribution in [0.15, 0.2) is 46.3 Å². The largest absolute Gasteiger partial charge is 0.412 e. The third-order valence-corrected chi connectivity index (χ3v) is 7.00. The van der Waals surface area contributed by atoms with Gasteiger partial charge in [0.05, 0.1) is 12.2 Å². The van der Waals surface area contributed by atoms with E-state index < -0.39 is 0 Å². The Kier molecular flexibility index (Phi) is 4.70. The van der Waals surface area contributed by atoms with Gasteiger partial charge in [-0.2, -0.15) is 5.10 Å². The van der Waals surface area contributed by atoms with E-state index >= 15 is 0 Å². The Labute approximate surface area is 182 Å². The molecule has 3 aromatic heterocycles. The van der Waals surface area contributed by atoms with Crippen LogP contribution in [-0.4, -0.2) is 37.3 Å². The highest BCUT2D eigenvalue weighted by Gasteiger charge is 2.38. The highest BCUT2D eigenvalue weighted by atomic mass is 32.1. The molecule has 0 saturated carbocycles. The normalized spacial score (nSPS) is 18.3. The zero-order valence-electron chi connectivity index (χ0n) is 17.2. The van der Waals surface area contributed by atoms with E-state index in [1.807, 2.05) is 31.8 Å². The Hall–Kier alpha value is -3.33. The van der Waals surface area contributed by atoms with Crippen molar-refractivity contribution in [3.63, 3.8) is 0 Å². The number of thiophene rings is 1. The van der Waals surface area contributed by atoms with Crippen molar-refractivity contribution in [3.8, 4) is 11.5 Å². The highest BCUT2D eigenvalue weighted by molar-refractivity contribution is 7.10. The second kappa shape index (κ2) is 7.42. The van der Waals surface area contributed by atoms with Crippen LogP contribution in [0.3, 0.4) is 0 Å². The maximum absolute atomic E-state index is 13.4. The van der Waals surface area contributed by atoms with Crippen molar-refractivity contribution in [1.29, 1.82) is 0 Å². The SMILES string of the molecule is Cc1c(C2CN(C(=O)c3nnc(-c4ccc(F)cc4)o3)C(C)c3ccsc32)cnn1C. The number of amides is 1. The van der Waals surface area contributed by atoms with Gasteiger partial charge in [0.15, 0.2) is 0 Å². The van der Waals surface area contributed by atoms with Gasteiger partial charge in [-0.05, 0) is 55.1 Å². The van der Waals surface area contributed by atoms with Crippen LogP contribution in [0.2, 0.25) is 0 Å². The molecule has 0 spiro atoms. The van der Waals surface area contributed by atoms with Crippen molar-refractivity contribution in [2.24, 2.45) is 7.05 Å². The van der Waals surface area contributed by atoms with Crippen molar-refractivity contribution in [2.45, 2.75) is 25.8 Å². The van der Waals surface area contributed by atoms with Gasteiger partial charge < -0.3 is 9.32 Å². The fourth-order valence-electron chi connectivity index (χ4n) is 4.06. The molecule has 158 valence electrons. The van der Waals surface area contributed by atoms with Gasteiger partial charge in [-0.25, -0.2) is 4.39 Å². The van der Waals surface area contributed by atoms with Crippen LogP contribution in [0.25, 0.3) is 11.5 Å². The number of carbonyl (C=O) groups excluding carboxylic acids is 1. The number of carbonyl (C=O) groups is 1. The molecule has 31 heavy (non-hydrogen) atoms. The predicted octanol–water partition coefficient (Wildman–Crippen LogP) is 4.33. The summed E-state index contributed by atoms with van der Waals surface area (Å²) in [7, 11) is 1.91. The first-order valence-corrected chi connectivity index (χ1v) is 10.8. The first-order valence-electron chi connectivity index (χ1n) is 9.90. The first kappa shape index (κ1) is 19.6. The molecule has 1 aliphatic heterocycles. The van der Waals surface area contributed by atoms with Gasteiger partial charge in [-0.15, -0.1) is 21.5 Å². The fourth-order valence-corrected chi connectivity index (χ4v) is 5.16. The molecule has 7 nitrogen and oxygen atoms in total. The van der Waals surface area contributed by atoms with E-state index in [9.17, 15) is 9.18 Å². The third kappa shape index (κ3) is 3.25. The summed E-state index contributed by atoms with van der Waals surface area (Å²) in [6.07, 6.45) is 1.88. The van der Waals surface area contributed by atoms with Crippen LogP contribution in [0.4, 0.5) is 4.39 Å². The summed E-state index contributed by atoms with van der Waals surface area (Å²) in [5.74, 6) is -0.541. The standard InChI is InChI=1S/C22H20FN5O2S/c1-12-17(10-24-27(12)3)18-11-28(13(2)16-8-9-31-19(16)18)22(29)21-26-25-20(30-21)14-4-6-15(23)7-5-14/h4-10,13,18H,11H2,1-3H3. The van der Waals surface area contributed by atoms with E-state index in [1.54, 1.807) is 28.4 Å². The Morgan fingerprint density at radius 2 is 1.97 bits per heavy atom. The minimum absolute atomic E-state index is 0.0309. The minimum Gasteiger partial charge on any atom is -0.412 e. The molecule has 5 rings (SSSR count). The molecule has 9 heteroatoms. The van der Waals surface area contributed by atoms with E-state index in [1.165, 1.54) is 17.0 Å². The average Bonchev–Trinajstić information content (AvgIpc) is 3.51. The highest BCUT2D eigenvalue weighted by Crippen LogP contribution is 2.43. The van der Waals surface area contributed by atoms with Gasteiger partial charge in [0, 0.05) is 41.2 Å². The number of hydrogen-bond donors (Lipinski definition) is 0. The Bertz CT molecular complexity index is 1260. The van der Waals surface area contributed by atoms with Crippen molar-refractivity contribution >= 4 is 17.2 Å². The molecule has 2 unspecified atom stereocenters. The molecule has 4 aromatic rings. The maximum Gasteiger partial charge on any atom is 0.311 e. The molecular weight excluding hydrogens is 417 g/mol. The molecule has 2 atom stereocenters. The molecule has 1 aromatic carbocycles. The Morgan fingerprint density at radius 1 is 1.19 bits per heavy atom. The fraction of sp³-hybridized carbons (Fsp3) is 0.273. The molecule has 0 radical (unpaired) electrons. The van der Waals surface area contributed by atoms with Crippen molar-refractivity contribution in [2.75, 3.05) is 6.54 Å². The third-order valence-electron chi connectivity index (χ3n) is 5.95. The number of hydrogen-bond acceptors (Lipinski definition) is 6. The number of fused-ring (bicyclic) bond motifs is 1. The number of nitrogens with zero attached hydrogens (tertiary/aromatic N) is 5. The molecular formula is C22H20FN5O2S. The summed E-state index contributed by atoms with van der Waals surface area (Å²) in [6, 6.07) is 7.65. The first-order chi connectivity index (χ1) is 14.9. The lowest BCUT2D eigenvalue weighted by molar-refractivity contribution is 0.0626. The molecule has 0 fully saturated rings. The smallest absolute Gasteiger partial charge is 0.311 e. The van der Waals surface area contributed by atoms with Crippen LogP contribution in [0, 0.1) is 12.7 Å². The molecule has 0 saturated heterocycles. The molecule has 1 aliphatic rings. The summed E-state index contributed by atoms with van der Waals surface area (Å²) < 4.78 is 20.7. The number of halogens is 1. The lowest BCUT2D eigenvalue weighted by Gasteiger charge is -2.37. The topological polar surface area (TPSA) is 77.1 Å². The Balaban J connectivity index is 1.48. The molecule has 0 N–H and O–H groups in total. The monoisotopic (exact) mass is 437 g/mol. The van der Waals surface area contributed by atoms with Crippen molar-refractivity contribution in [3.05, 3.63) is 75.3 Å². The van der Waals surface area contributed by atoms with Gasteiger partial charge in [0.2, 0.25) is 5.89 Å². The summed E-state index contributed by atoms with van der Waals surface area (Å²) in [6.45, 7) is 4.54. The number of aromatic nitrogens is 4. The van der Waals surface area contributed by atoms with E-state index in [0.29, 0.717) is 12.1 Å². The zero-order chi connectivity index (χ0) is 21.7. The van der Waals surface area contributed by atoms with Gasteiger partial charge in [-0.3, -0.25) is 9.48 Å². The summed E-state index contributed by atoms with van der Waals surface area (Å²) in [4.78, 5) is 16.4. The van der Waals surface area contributed by atoms with Gasteiger partial charge in [-0.1, -0.05) is 0 Å². The summed E-state index contributed by atoms with van der Waals surface area (Å²) in [5, 5.41) is 14.4. The van der Waals surface area contributed by atoms with Gasteiger partial charge in [0.1, 0.15) is 5.82 Å². The quantitative estimate of drug-likeness (QED) is 0.477. The van der Waals surface area contributed by atoms with Crippen molar-refractivity contribution in [1.82, 2.24) is 24.9 Å². The molecule has 0 bridgehead atoms. The van der Waals surface area contributed by atoms with Gasteiger partial charge >= 0.3 is 11.8 Å². The van der Waals surface area contributed by atoms with E-state index in [-0.39, 0.29) is 35.5 Å². The van der Waals surface area contributed by atoms with E-state index in [0.717, 1.165) is 16.8 Å². The maximum atomic E-state index is 13.4. The molecule has 4 heterocycles. The molecule has 1 amide bonds. The van der Waals surface area contributed by atoms with Crippen LogP contribution >= 0.6 is 11.3 Å². The minimum atomic E-state index is -0.356. The second-order valence-electron chi connectivity index (χ2n) is 7.65. The Morgan fingerprint density at radius 3 is 2.68 bits per heavy atom. The van der Waals surface area contributed by atoms with Crippen molar-refractivity contribution < 1.29 is 13.6 Å². The number of aryl methyl sites for hydroxylation is 1. The number of rotatable bonds is 3. The van der Waals surface area contributed by atoms with Crippen LogP contribution in [0.1, 0.15) is 51.3 Å². The second-order valence-corrected chi connectivity index (χ2v) is 8.60. The zero-order valence-corrected chi connectivity index (χ0v) is 18.1. The number of benzene rings is 1. The lowest BCUT2D eigenvalue weighted by atomic mass is 9.88.